The van der Waals surface area contributed by atoms with Crippen LogP contribution in [0, 0.1) is 5.82 Å². The Morgan fingerprint density at radius 1 is 1.10 bits per heavy atom. The van der Waals surface area contributed by atoms with Crippen LogP contribution in [0.3, 0.4) is 0 Å². The number of ether oxygens (including phenoxy) is 1. The van der Waals surface area contributed by atoms with Crippen molar-refractivity contribution < 1.29 is 17.5 Å². The lowest BCUT2D eigenvalue weighted by Gasteiger charge is -2.21. The van der Waals surface area contributed by atoms with E-state index in [1.54, 1.807) is 25.2 Å². The highest BCUT2D eigenvalue weighted by Gasteiger charge is 2.21. The Kier molecular flexibility index (Phi) is 7.01. The summed E-state index contributed by atoms with van der Waals surface area (Å²) in [5.41, 5.74) is 0.798. The summed E-state index contributed by atoms with van der Waals surface area (Å²) in [4.78, 5) is 6.55. The van der Waals surface area contributed by atoms with Crippen molar-refractivity contribution in [1.29, 1.82) is 0 Å². The number of hydrogen-bond acceptors (Lipinski definition) is 7. The average molecular weight is 451 g/mol. The van der Waals surface area contributed by atoms with Crippen LogP contribution in [0.5, 0.6) is 5.75 Å². The van der Waals surface area contributed by atoms with Gasteiger partial charge in [-0.05, 0) is 42.0 Å². The monoisotopic (exact) mass is 450 g/mol. The number of anilines is 1. The quantitative estimate of drug-likeness (QED) is 0.499. The number of likely N-dealkylation sites (N-methyl/N-ethyl adjacent to an activating group) is 2. The van der Waals surface area contributed by atoms with Gasteiger partial charge in [-0.25, -0.2) is 17.8 Å². The first-order chi connectivity index (χ1) is 14.3. The maximum Gasteiger partial charge on any atom is 0.242 e. The molecule has 0 unspecified atom stereocenters. The summed E-state index contributed by atoms with van der Waals surface area (Å²) in [5, 5.41) is 0.677. The molecule has 30 heavy (non-hydrogen) atoms. The summed E-state index contributed by atoms with van der Waals surface area (Å²) in [5.74, 6) is 0.912. The van der Waals surface area contributed by atoms with Gasteiger partial charge in [0.1, 0.15) is 17.4 Å². The molecule has 0 aliphatic carbocycles. The molecule has 3 aromatic rings. The van der Waals surface area contributed by atoms with Crippen LogP contribution >= 0.6 is 11.5 Å². The Morgan fingerprint density at radius 2 is 1.83 bits per heavy atom. The molecule has 0 radical (unpaired) electrons. The Bertz CT molecular complexity index is 1090. The zero-order chi connectivity index (χ0) is 21.7. The van der Waals surface area contributed by atoms with Crippen LogP contribution < -0.4 is 9.64 Å². The smallest absolute Gasteiger partial charge is 0.242 e. The number of hydrogen-bond donors (Lipinski definition) is 0. The standard InChI is InChI=1S/C20H23FN4O3S2/c1-24(20-22-19(23-29-20)14-15-5-4-6-16(21)13-15)11-12-25(2)30(26,27)18-9-7-17(28-3)8-10-18/h4-10,13H,11-12,14H2,1-3H3. The average Bonchev–Trinajstić information content (AvgIpc) is 3.20. The molecule has 3 rings (SSSR count). The predicted molar refractivity (Wildman–Crippen MR) is 115 cm³/mol. The minimum Gasteiger partial charge on any atom is -0.497 e. The third-order valence-electron chi connectivity index (χ3n) is 4.55. The predicted octanol–water partition coefficient (Wildman–Crippen LogP) is 3.03. The van der Waals surface area contributed by atoms with E-state index in [-0.39, 0.29) is 17.3 Å². The fourth-order valence-electron chi connectivity index (χ4n) is 2.74. The van der Waals surface area contributed by atoms with E-state index in [2.05, 4.69) is 9.36 Å². The summed E-state index contributed by atoms with van der Waals surface area (Å²) in [6.45, 7) is 0.726. The number of sulfonamides is 1. The molecule has 0 amide bonds. The van der Waals surface area contributed by atoms with E-state index in [1.807, 2.05) is 18.0 Å². The van der Waals surface area contributed by atoms with Crippen LogP contribution in [0.4, 0.5) is 9.52 Å². The van der Waals surface area contributed by atoms with Crippen molar-refractivity contribution in [3.05, 3.63) is 65.7 Å². The molecule has 1 aromatic heterocycles. The van der Waals surface area contributed by atoms with Gasteiger partial charge in [0.2, 0.25) is 15.2 Å². The van der Waals surface area contributed by atoms with Gasteiger partial charge in [-0.15, -0.1) is 0 Å². The fourth-order valence-corrected chi connectivity index (χ4v) is 4.57. The Labute approximate surface area is 180 Å². The second kappa shape index (κ2) is 9.50. The zero-order valence-corrected chi connectivity index (χ0v) is 18.6. The number of benzene rings is 2. The van der Waals surface area contributed by atoms with E-state index < -0.39 is 10.0 Å². The molecule has 1 heterocycles. The first-order valence-electron chi connectivity index (χ1n) is 9.18. The first-order valence-corrected chi connectivity index (χ1v) is 11.4. The van der Waals surface area contributed by atoms with Crippen molar-refractivity contribution in [1.82, 2.24) is 13.7 Å². The molecular formula is C20H23FN4O3S2. The number of halogens is 1. The molecule has 0 fully saturated rings. The lowest BCUT2D eigenvalue weighted by atomic mass is 10.1. The molecule has 10 heteroatoms. The molecule has 0 atom stereocenters. The van der Waals surface area contributed by atoms with Crippen LogP contribution in [0.2, 0.25) is 0 Å². The van der Waals surface area contributed by atoms with Gasteiger partial charge in [0, 0.05) is 45.1 Å². The highest BCUT2D eigenvalue weighted by atomic mass is 32.2. The van der Waals surface area contributed by atoms with Crippen LogP contribution in [0.15, 0.2) is 53.4 Å². The second-order valence-corrected chi connectivity index (χ2v) is 9.50. The topological polar surface area (TPSA) is 75.6 Å². The summed E-state index contributed by atoms with van der Waals surface area (Å²) >= 11 is 1.23. The van der Waals surface area contributed by atoms with Gasteiger partial charge in [-0.2, -0.15) is 8.68 Å². The second-order valence-electron chi connectivity index (χ2n) is 6.72. The normalized spacial score (nSPS) is 11.6. The maximum atomic E-state index is 13.3. The lowest BCUT2D eigenvalue weighted by Crippen LogP contribution is -2.34. The summed E-state index contributed by atoms with van der Waals surface area (Å²) in [6.07, 6.45) is 0.438. The van der Waals surface area contributed by atoms with E-state index in [9.17, 15) is 12.8 Å². The zero-order valence-electron chi connectivity index (χ0n) is 16.9. The summed E-state index contributed by atoms with van der Waals surface area (Å²) in [6, 6.07) is 12.6. The molecule has 2 aromatic carbocycles. The summed E-state index contributed by atoms with van der Waals surface area (Å²) < 4.78 is 49.5. The largest absolute Gasteiger partial charge is 0.497 e. The van der Waals surface area contributed by atoms with Gasteiger partial charge in [0.15, 0.2) is 0 Å². The van der Waals surface area contributed by atoms with E-state index in [4.69, 9.17) is 4.74 Å². The molecule has 160 valence electrons. The highest BCUT2D eigenvalue weighted by molar-refractivity contribution is 7.89. The van der Waals surface area contributed by atoms with Crippen molar-refractivity contribution >= 4 is 26.7 Å². The molecule has 0 saturated carbocycles. The van der Waals surface area contributed by atoms with Crippen LogP contribution in [-0.2, 0) is 16.4 Å². The molecule has 0 aliphatic rings. The van der Waals surface area contributed by atoms with Crippen molar-refractivity contribution in [2.75, 3.05) is 39.2 Å². The number of nitrogens with zero attached hydrogens (tertiary/aromatic N) is 4. The van der Waals surface area contributed by atoms with Crippen molar-refractivity contribution in [2.45, 2.75) is 11.3 Å². The van der Waals surface area contributed by atoms with Crippen molar-refractivity contribution in [3.63, 3.8) is 0 Å². The molecule has 0 aliphatic heterocycles. The number of aromatic nitrogens is 2. The van der Waals surface area contributed by atoms with Gasteiger partial charge >= 0.3 is 0 Å². The Morgan fingerprint density at radius 3 is 2.50 bits per heavy atom. The Hall–Kier alpha value is -2.56. The van der Waals surface area contributed by atoms with Crippen LogP contribution in [0.25, 0.3) is 0 Å². The lowest BCUT2D eigenvalue weighted by molar-refractivity contribution is 0.414. The van der Waals surface area contributed by atoms with Gasteiger partial charge in [0.25, 0.3) is 0 Å². The third-order valence-corrected chi connectivity index (χ3v) is 7.29. The van der Waals surface area contributed by atoms with E-state index in [0.717, 1.165) is 5.56 Å². The van der Waals surface area contributed by atoms with Crippen LogP contribution in [0.1, 0.15) is 11.4 Å². The number of rotatable bonds is 9. The fraction of sp³-hybridized carbons (Fsp3) is 0.300. The van der Waals surface area contributed by atoms with Crippen molar-refractivity contribution in [2.24, 2.45) is 0 Å². The van der Waals surface area contributed by atoms with Gasteiger partial charge in [0.05, 0.1) is 12.0 Å². The van der Waals surface area contributed by atoms with Crippen molar-refractivity contribution in [3.8, 4) is 5.75 Å². The van der Waals surface area contributed by atoms with Gasteiger partial charge in [-0.1, -0.05) is 12.1 Å². The third kappa shape index (κ3) is 5.32. The van der Waals surface area contributed by atoms with Gasteiger partial charge in [-0.3, -0.25) is 0 Å². The molecule has 0 N–H and O–H groups in total. The van der Waals surface area contributed by atoms with Crippen LogP contribution in [-0.4, -0.2) is 56.4 Å². The first kappa shape index (κ1) is 22.1. The van der Waals surface area contributed by atoms with E-state index in [0.29, 0.717) is 29.7 Å². The number of methoxy groups -OCH3 is 1. The Balaban J connectivity index is 1.59. The molecule has 0 bridgehead atoms. The SMILES string of the molecule is COc1ccc(S(=O)(=O)N(C)CCN(C)c2nc(Cc3cccc(F)c3)ns2)cc1. The summed E-state index contributed by atoms with van der Waals surface area (Å²) in [7, 11) is 1.31. The maximum absolute atomic E-state index is 13.3. The molecule has 0 spiro atoms. The molecule has 0 saturated heterocycles. The molecular weight excluding hydrogens is 427 g/mol. The van der Waals surface area contributed by atoms with E-state index >= 15 is 0 Å². The minimum atomic E-state index is -3.60. The van der Waals surface area contributed by atoms with E-state index in [1.165, 1.54) is 47.2 Å². The van der Waals surface area contributed by atoms with Gasteiger partial charge < -0.3 is 9.64 Å². The molecule has 7 nitrogen and oxygen atoms in total. The minimum absolute atomic E-state index is 0.210. The highest BCUT2D eigenvalue weighted by Crippen LogP contribution is 2.20.